The molecule has 0 spiro atoms. The number of anilines is 1. The van der Waals surface area contributed by atoms with Gasteiger partial charge in [-0.15, -0.1) is 0 Å². The zero-order valence-electron chi connectivity index (χ0n) is 9.94. The van der Waals surface area contributed by atoms with Crippen molar-refractivity contribution in [1.29, 1.82) is 0 Å². The van der Waals surface area contributed by atoms with Crippen LogP contribution in [0.1, 0.15) is 21.9 Å². The van der Waals surface area contributed by atoms with E-state index in [4.69, 9.17) is 0 Å². The number of carbonyl (C=O) groups is 1. The highest BCUT2D eigenvalue weighted by Crippen LogP contribution is 2.06. The van der Waals surface area contributed by atoms with Crippen LogP contribution in [0.5, 0.6) is 0 Å². The standard InChI is InChI=1S/C12H11FN4O/c1-7-6-8(2)15-12(14-7)17-11(18)9-4-3-5-10(13)16-9/h3-6H,1-2H3,(H,14,15,17,18). The van der Waals surface area contributed by atoms with Crippen molar-refractivity contribution in [2.24, 2.45) is 0 Å². The van der Waals surface area contributed by atoms with E-state index in [1.165, 1.54) is 18.2 Å². The summed E-state index contributed by atoms with van der Waals surface area (Å²) in [6, 6.07) is 5.79. The van der Waals surface area contributed by atoms with Gasteiger partial charge in [0.05, 0.1) is 0 Å². The molecule has 92 valence electrons. The van der Waals surface area contributed by atoms with E-state index in [9.17, 15) is 9.18 Å². The second-order valence-corrected chi connectivity index (χ2v) is 3.77. The molecule has 0 aromatic carbocycles. The number of aromatic nitrogens is 3. The maximum Gasteiger partial charge on any atom is 0.276 e. The van der Waals surface area contributed by atoms with E-state index in [-0.39, 0.29) is 11.6 Å². The summed E-state index contributed by atoms with van der Waals surface area (Å²) in [6.07, 6.45) is 0. The molecule has 0 unspecified atom stereocenters. The van der Waals surface area contributed by atoms with E-state index < -0.39 is 11.9 Å². The summed E-state index contributed by atoms with van der Waals surface area (Å²) >= 11 is 0. The van der Waals surface area contributed by atoms with Gasteiger partial charge in [-0.2, -0.15) is 4.39 Å². The SMILES string of the molecule is Cc1cc(C)nc(NC(=O)c2cccc(F)n2)n1. The highest BCUT2D eigenvalue weighted by atomic mass is 19.1. The van der Waals surface area contributed by atoms with Gasteiger partial charge in [0.25, 0.3) is 5.91 Å². The third-order valence-electron chi connectivity index (χ3n) is 2.16. The van der Waals surface area contributed by atoms with Crippen molar-refractivity contribution < 1.29 is 9.18 Å². The number of nitrogens with one attached hydrogen (secondary N) is 1. The first-order valence-electron chi connectivity index (χ1n) is 5.31. The molecule has 2 rings (SSSR count). The number of rotatable bonds is 2. The Balaban J connectivity index is 2.21. The van der Waals surface area contributed by atoms with Crippen LogP contribution in [-0.2, 0) is 0 Å². The second kappa shape index (κ2) is 4.87. The predicted octanol–water partition coefficient (Wildman–Crippen LogP) is 1.88. The average molecular weight is 246 g/mol. The Hall–Kier alpha value is -2.37. The van der Waals surface area contributed by atoms with Crippen molar-refractivity contribution in [3.8, 4) is 0 Å². The lowest BCUT2D eigenvalue weighted by atomic mass is 10.3. The summed E-state index contributed by atoms with van der Waals surface area (Å²) in [4.78, 5) is 23.4. The maximum atomic E-state index is 12.9. The molecule has 2 heterocycles. The molecule has 18 heavy (non-hydrogen) atoms. The zero-order chi connectivity index (χ0) is 13.1. The van der Waals surface area contributed by atoms with Gasteiger partial charge in [-0.1, -0.05) is 6.07 Å². The van der Waals surface area contributed by atoms with Gasteiger partial charge in [-0.3, -0.25) is 10.1 Å². The molecule has 1 amide bonds. The lowest BCUT2D eigenvalue weighted by Gasteiger charge is -2.04. The lowest BCUT2D eigenvalue weighted by Crippen LogP contribution is -2.16. The Bertz CT molecular complexity index is 580. The minimum Gasteiger partial charge on any atom is -0.289 e. The molecule has 0 bridgehead atoms. The minimum absolute atomic E-state index is 0.0160. The highest BCUT2D eigenvalue weighted by molar-refractivity contribution is 6.01. The van der Waals surface area contributed by atoms with E-state index in [0.29, 0.717) is 0 Å². The molecular weight excluding hydrogens is 235 g/mol. The molecule has 1 N–H and O–H groups in total. The number of pyridine rings is 1. The monoisotopic (exact) mass is 246 g/mol. The Labute approximate surface area is 103 Å². The van der Waals surface area contributed by atoms with Crippen molar-refractivity contribution in [1.82, 2.24) is 15.0 Å². The Morgan fingerprint density at radius 2 is 1.83 bits per heavy atom. The van der Waals surface area contributed by atoms with Gasteiger partial charge in [0.15, 0.2) is 0 Å². The highest BCUT2D eigenvalue weighted by Gasteiger charge is 2.10. The normalized spacial score (nSPS) is 10.2. The Morgan fingerprint density at radius 3 is 2.44 bits per heavy atom. The molecule has 2 aromatic heterocycles. The van der Waals surface area contributed by atoms with Gasteiger partial charge in [0.2, 0.25) is 11.9 Å². The maximum absolute atomic E-state index is 12.9. The van der Waals surface area contributed by atoms with Crippen molar-refractivity contribution in [2.45, 2.75) is 13.8 Å². The van der Waals surface area contributed by atoms with E-state index in [0.717, 1.165) is 11.4 Å². The first kappa shape index (κ1) is 12.1. The van der Waals surface area contributed by atoms with Crippen LogP contribution >= 0.6 is 0 Å². The Kier molecular flexibility index (Phi) is 3.27. The van der Waals surface area contributed by atoms with Crippen molar-refractivity contribution in [3.63, 3.8) is 0 Å². The third-order valence-corrected chi connectivity index (χ3v) is 2.16. The smallest absolute Gasteiger partial charge is 0.276 e. The molecule has 5 nitrogen and oxygen atoms in total. The number of hydrogen-bond acceptors (Lipinski definition) is 4. The summed E-state index contributed by atoms with van der Waals surface area (Å²) in [5, 5.41) is 2.48. The van der Waals surface area contributed by atoms with Crippen LogP contribution in [0.4, 0.5) is 10.3 Å². The van der Waals surface area contributed by atoms with Gasteiger partial charge in [-0.25, -0.2) is 15.0 Å². The predicted molar refractivity (Wildman–Crippen MR) is 63.7 cm³/mol. The first-order chi connectivity index (χ1) is 8.54. The Morgan fingerprint density at radius 1 is 1.17 bits per heavy atom. The van der Waals surface area contributed by atoms with Crippen molar-refractivity contribution >= 4 is 11.9 Å². The average Bonchev–Trinajstić information content (AvgIpc) is 2.27. The van der Waals surface area contributed by atoms with Gasteiger partial charge in [0, 0.05) is 11.4 Å². The first-order valence-corrected chi connectivity index (χ1v) is 5.31. The lowest BCUT2D eigenvalue weighted by molar-refractivity contribution is 0.102. The van der Waals surface area contributed by atoms with Crippen molar-refractivity contribution in [3.05, 3.63) is 47.3 Å². The number of halogens is 1. The van der Waals surface area contributed by atoms with Gasteiger partial charge in [0.1, 0.15) is 5.69 Å². The summed E-state index contributed by atoms with van der Waals surface area (Å²) in [6.45, 7) is 3.59. The largest absolute Gasteiger partial charge is 0.289 e. The third kappa shape index (κ3) is 2.85. The van der Waals surface area contributed by atoms with Crippen molar-refractivity contribution in [2.75, 3.05) is 5.32 Å². The van der Waals surface area contributed by atoms with E-state index >= 15 is 0 Å². The number of carbonyl (C=O) groups excluding carboxylic acids is 1. The van der Waals surface area contributed by atoms with Crippen LogP contribution in [0.15, 0.2) is 24.3 Å². The van der Waals surface area contributed by atoms with Crippen LogP contribution in [0, 0.1) is 19.8 Å². The molecule has 0 aliphatic rings. The molecule has 0 atom stereocenters. The summed E-state index contributed by atoms with van der Waals surface area (Å²) in [7, 11) is 0. The van der Waals surface area contributed by atoms with E-state index in [2.05, 4.69) is 20.3 Å². The van der Waals surface area contributed by atoms with Crippen LogP contribution in [0.3, 0.4) is 0 Å². The molecule has 0 fully saturated rings. The molecule has 6 heteroatoms. The zero-order valence-corrected chi connectivity index (χ0v) is 9.94. The quantitative estimate of drug-likeness (QED) is 0.821. The van der Waals surface area contributed by atoms with Crippen LogP contribution in [0.25, 0.3) is 0 Å². The number of amides is 1. The fourth-order valence-corrected chi connectivity index (χ4v) is 1.48. The van der Waals surface area contributed by atoms with Crippen LogP contribution in [0.2, 0.25) is 0 Å². The van der Waals surface area contributed by atoms with Crippen LogP contribution in [-0.4, -0.2) is 20.9 Å². The molecule has 2 aromatic rings. The minimum atomic E-state index is -0.705. The van der Waals surface area contributed by atoms with Gasteiger partial charge in [-0.05, 0) is 32.0 Å². The van der Waals surface area contributed by atoms with E-state index in [1.807, 2.05) is 0 Å². The second-order valence-electron chi connectivity index (χ2n) is 3.77. The summed E-state index contributed by atoms with van der Waals surface area (Å²) in [5.41, 5.74) is 1.47. The fourth-order valence-electron chi connectivity index (χ4n) is 1.48. The van der Waals surface area contributed by atoms with Crippen LogP contribution < -0.4 is 5.32 Å². The van der Waals surface area contributed by atoms with Gasteiger partial charge >= 0.3 is 0 Å². The number of hydrogen-bond donors (Lipinski definition) is 1. The molecule has 0 saturated heterocycles. The van der Waals surface area contributed by atoms with E-state index in [1.54, 1.807) is 19.9 Å². The fraction of sp³-hybridized carbons (Fsp3) is 0.167. The molecular formula is C12H11FN4O. The topological polar surface area (TPSA) is 67.8 Å². The summed E-state index contributed by atoms with van der Waals surface area (Å²) < 4.78 is 12.9. The number of aryl methyl sites for hydroxylation is 2. The molecule has 0 radical (unpaired) electrons. The number of nitrogens with zero attached hydrogens (tertiary/aromatic N) is 3. The van der Waals surface area contributed by atoms with Gasteiger partial charge < -0.3 is 0 Å². The summed E-state index contributed by atoms with van der Waals surface area (Å²) in [5.74, 6) is -1.06. The molecule has 0 saturated carbocycles. The molecule has 0 aliphatic heterocycles. The molecule has 0 aliphatic carbocycles.